The summed E-state index contributed by atoms with van der Waals surface area (Å²) in [6, 6.07) is 14.6. The van der Waals surface area contributed by atoms with Gasteiger partial charge in [0.25, 0.3) is 5.91 Å². The lowest BCUT2D eigenvalue weighted by Crippen LogP contribution is -2.46. The molecule has 3 aromatic rings. The van der Waals surface area contributed by atoms with Gasteiger partial charge in [-0.1, -0.05) is 36.4 Å². The molecule has 4 rings (SSSR count). The summed E-state index contributed by atoms with van der Waals surface area (Å²) in [5.74, 6) is 0.279. The molecule has 29 heavy (non-hydrogen) atoms. The second kappa shape index (κ2) is 8.59. The molecule has 0 bridgehead atoms. The van der Waals surface area contributed by atoms with Crippen molar-refractivity contribution in [2.24, 2.45) is 0 Å². The van der Waals surface area contributed by atoms with Crippen LogP contribution in [-0.4, -0.2) is 50.1 Å². The first-order valence-electron chi connectivity index (χ1n) is 9.98. The Morgan fingerprint density at radius 3 is 2.62 bits per heavy atom. The van der Waals surface area contributed by atoms with Gasteiger partial charge in [0, 0.05) is 50.4 Å². The second-order valence-corrected chi connectivity index (χ2v) is 7.28. The highest BCUT2D eigenvalue weighted by molar-refractivity contribution is 6.05. The van der Waals surface area contributed by atoms with E-state index in [2.05, 4.69) is 15.5 Å². The summed E-state index contributed by atoms with van der Waals surface area (Å²) in [7, 11) is 0. The van der Waals surface area contributed by atoms with E-state index in [1.165, 1.54) is 0 Å². The van der Waals surface area contributed by atoms with Gasteiger partial charge >= 0.3 is 0 Å². The quantitative estimate of drug-likeness (QED) is 0.699. The van der Waals surface area contributed by atoms with Crippen molar-refractivity contribution in [1.29, 1.82) is 0 Å². The first kappa shape index (κ1) is 19.4. The van der Waals surface area contributed by atoms with Crippen LogP contribution in [0.2, 0.25) is 0 Å². The van der Waals surface area contributed by atoms with Crippen LogP contribution in [0, 0.1) is 6.92 Å². The monoisotopic (exact) mass is 391 g/mol. The molecular weight excluding hydrogens is 366 g/mol. The minimum atomic E-state index is -0.225. The topological polar surface area (TPSA) is 74.6 Å². The van der Waals surface area contributed by atoms with E-state index in [9.17, 15) is 9.59 Å². The summed E-state index contributed by atoms with van der Waals surface area (Å²) in [5, 5.41) is 6.71. The fourth-order valence-corrected chi connectivity index (χ4v) is 3.71. The van der Waals surface area contributed by atoms with E-state index in [-0.39, 0.29) is 11.3 Å². The molecule has 2 N–H and O–H groups in total. The minimum Gasteiger partial charge on any atom is -0.455 e. The maximum atomic E-state index is 12.9. The van der Waals surface area contributed by atoms with Crippen LogP contribution in [0.15, 0.2) is 57.7 Å². The molecule has 1 amide bonds. The van der Waals surface area contributed by atoms with E-state index in [0.29, 0.717) is 34.4 Å². The summed E-state index contributed by atoms with van der Waals surface area (Å²) >= 11 is 0. The van der Waals surface area contributed by atoms with Gasteiger partial charge in [-0.15, -0.1) is 0 Å². The van der Waals surface area contributed by atoms with Crippen LogP contribution in [0.4, 0.5) is 0 Å². The number of piperazine rings is 1. The van der Waals surface area contributed by atoms with Crippen molar-refractivity contribution in [3.8, 4) is 11.3 Å². The Bertz CT molecular complexity index is 1070. The molecule has 0 atom stereocenters. The van der Waals surface area contributed by atoms with E-state index in [0.717, 1.165) is 38.3 Å². The molecule has 6 nitrogen and oxygen atoms in total. The Morgan fingerprint density at radius 2 is 1.86 bits per heavy atom. The van der Waals surface area contributed by atoms with Gasteiger partial charge in [-0.05, 0) is 19.1 Å². The highest BCUT2D eigenvalue weighted by atomic mass is 16.3. The van der Waals surface area contributed by atoms with E-state index < -0.39 is 0 Å². The molecule has 2 aromatic carbocycles. The molecule has 6 heteroatoms. The second-order valence-electron chi connectivity index (χ2n) is 7.28. The number of rotatable bonds is 5. The van der Waals surface area contributed by atoms with Crippen molar-refractivity contribution in [3.63, 3.8) is 0 Å². The van der Waals surface area contributed by atoms with Gasteiger partial charge in [-0.2, -0.15) is 0 Å². The van der Waals surface area contributed by atoms with Gasteiger partial charge in [0.2, 0.25) is 0 Å². The van der Waals surface area contributed by atoms with Crippen LogP contribution in [0.3, 0.4) is 0 Å². The number of fused-ring (bicyclic) bond motifs is 1. The van der Waals surface area contributed by atoms with Crippen molar-refractivity contribution in [1.82, 2.24) is 15.5 Å². The van der Waals surface area contributed by atoms with Crippen molar-refractivity contribution < 1.29 is 9.21 Å². The van der Waals surface area contributed by atoms with Gasteiger partial charge in [0.05, 0.1) is 10.9 Å². The summed E-state index contributed by atoms with van der Waals surface area (Å²) in [5.41, 5.74) is 1.97. The van der Waals surface area contributed by atoms with Crippen LogP contribution in [0.1, 0.15) is 15.9 Å². The highest BCUT2D eigenvalue weighted by Crippen LogP contribution is 2.27. The Morgan fingerprint density at radius 1 is 1.10 bits per heavy atom. The molecule has 0 spiro atoms. The summed E-state index contributed by atoms with van der Waals surface area (Å²) < 4.78 is 6.13. The zero-order valence-corrected chi connectivity index (χ0v) is 16.5. The minimum absolute atomic E-state index is 0.111. The molecular formula is C23H25N3O3. The van der Waals surface area contributed by atoms with Crippen LogP contribution in [0.5, 0.6) is 0 Å². The third kappa shape index (κ3) is 4.09. The maximum Gasteiger partial charge on any atom is 0.255 e. The standard InChI is InChI=1S/C23H25N3O3/c1-16-20(27)18-8-5-9-19(22(18)29-21(16)17-6-3-2-4-7-17)23(28)25-12-15-26-13-10-24-11-14-26/h2-9,24H,10-15H2,1H3,(H,25,28). The summed E-state index contributed by atoms with van der Waals surface area (Å²) in [6.07, 6.45) is 0. The van der Waals surface area contributed by atoms with Crippen LogP contribution >= 0.6 is 0 Å². The van der Waals surface area contributed by atoms with E-state index in [1.807, 2.05) is 30.3 Å². The number of carbonyl (C=O) groups is 1. The van der Waals surface area contributed by atoms with Gasteiger partial charge < -0.3 is 15.1 Å². The zero-order chi connectivity index (χ0) is 20.2. The zero-order valence-electron chi connectivity index (χ0n) is 16.5. The molecule has 1 aliphatic heterocycles. The number of nitrogens with one attached hydrogen (secondary N) is 2. The van der Waals surface area contributed by atoms with Gasteiger partial charge in [0.1, 0.15) is 5.76 Å². The number of hydrogen-bond donors (Lipinski definition) is 2. The average molecular weight is 391 g/mol. The Labute approximate surface area is 169 Å². The number of nitrogens with zero attached hydrogens (tertiary/aromatic N) is 1. The van der Waals surface area contributed by atoms with Crippen molar-refractivity contribution in [2.75, 3.05) is 39.3 Å². The summed E-state index contributed by atoms with van der Waals surface area (Å²) in [6.45, 7) is 7.03. The Balaban J connectivity index is 1.63. The molecule has 0 unspecified atom stereocenters. The molecule has 0 saturated carbocycles. The molecule has 2 heterocycles. The number of hydrogen-bond acceptors (Lipinski definition) is 5. The van der Waals surface area contributed by atoms with Gasteiger partial charge in [0.15, 0.2) is 11.0 Å². The molecule has 0 aliphatic carbocycles. The molecule has 1 aromatic heterocycles. The fraction of sp³-hybridized carbons (Fsp3) is 0.304. The van der Waals surface area contributed by atoms with E-state index in [4.69, 9.17) is 4.42 Å². The largest absolute Gasteiger partial charge is 0.455 e. The van der Waals surface area contributed by atoms with E-state index in [1.54, 1.807) is 25.1 Å². The highest BCUT2D eigenvalue weighted by Gasteiger charge is 2.18. The molecule has 150 valence electrons. The lowest BCUT2D eigenvalue weighted by molar-refractivity contribution is 0.0948. The predicted molar refractivity (Wildman–Crippen MR) is 114 cm³/mol. The van der Waals surface area contributed by atoms with Gasteiger partial charge in [-0.25, -0.2) is 0 Å². The third-order valence-corrected chi connectivity index (χ3v) is 5.35. The first-order chi connectivity index (χ1) is 14.1. The fourth-order valence-electron chi connectivity index (χ4n) is 3.71. The number of carbonyl (C=O) groups excluding carboxylic acids is 1. The molecule has 1 fully saturated rings. The van der Waals surface area contributed by atoms with Crippen molar-refractivity contribution >= 4 is 16.9 Å². The normalized spacial score (nSPS) is 14.8. The van der Waals surface area contributed by atoms with Gasteiger partial charge in [-0.3, -0.25) is 14.5 Å². The van der Waals surface area contributed by atoms with Crippen LogP contribution < -0.4 is 16.1 Å². The third-order valence-electron chi connectivity index (χ3n) is 5.35. The number of benzene rings is 2. The summed E-state index contributed by atoms with van der Waals surface area (Å²) in [4.78, 5) is 28.1. The SMILES string of the molecule is Cc1c(-c2ccccc2)oc2c(C(=O)NCCN3CCNCC3)cccc2c1=O. The lowest BCUT2D eigenvalue weighted by atomic mass is 10.0. The maximum absolute atomic E-state index is 12.9. The van der Waals surface area contributed by atoms with E-state index >= 15 is 0 Å². The smallest absolute Gasteiger partial charge is 0.255 e. The van der Waals surface area contributed by atoms with Crippen molar-refractivity contribution in [2.45, 2.75) is 6.92 Å². The Hall–Kier alpha value is -2.96. The average Bonchev–Trinajstić information content (AvgIpc) is 2.77. The van der Waals surface area contributed by atoms with Crippen LogP contribution in [-0.2, 0) is 0 Å². The van der Waals surface area contributed by atoms with Crippen LogP contribution in [0.25, 0.3) is 22.3 Å². The molecule has 1 aliphatic rings. The Kier molecular flexibility index (Phi) is 5.74. The molecule has 0 radical (unpaired) electrons. The first-order valence-corrected chi connectivity index (χ1v) is 9.98. The lowest BCUT2D eigenvalue weighted by Gasteiger charge is -2.27. The molecule has 1 saturated heterocycles. The predicted octanol–water partition coefficient (Wildman–Crippen LogP) is 2.40. The number of amides is 1. The van der Waals surface area contributed by atoms with Crippen molar-refractivity contribution in [3.05, 3.63) is 69.9 Å². The number of para-hydroxylation sites is 1.